The Kier molecular flexibility index (Phi) is 4.13. The summed E-state index contributed by atoms with van der Waals surface area (Å²) >= 11 is 0. The van der Waals surface area contributed by atoms with E-state index >= 15 is 0 Å². The first-order valence-corrected chi connectivity index (χ1v) is 11.7. The van der Waals surface area contributed by atoms with Crippen molar-refractivity contribution in [2.75, 3.05) is 0 Å². The SMILES string of the molecule is CC(C)(C)[Si](C)(C)C1(c2ccccc2)Oc2ccccc2CC1O. The molecule has 128 valence electrons. The highest BCUT2D eigenvalue weighted by molar-refractivity contribution is 6.82. The molecule has 2 unspecified atom stereocenters. The van der Waals surface area contributed by atoms with Gasteiger partial charge in [0.1, 0.15) is 19.0 Å². The molecule has 0 radical (unpaired) electrons. The summed E-state index contributed by atoms with van der Waals surface area (Å²) in [6, 6.07) is 18.4. The standard InChI is InChI=1S/C21H28O2Si/c1-20(2,3)24(4,5)21(17-12-7-6-8-13-17)19(22)15-16-11-9-10-14-18(16)23-21/h6-14,19,22H,15H2,1-5H3. The number of benzene rings is 2. The number of fused-ring (bicyclic) bond motifs is 1. The molecule has 3 heteroatoms. The quantitative estimate of drug-likeness (QED) is 0.786. The Hall–Kier alpha value is -1.58. The second-order valence-electron chi connectivity index (χ2n) is 8.41. The second kappa shape index (κ2) is 5.75. The first kappa shape index (κ1) is 17.2. The second-order valence-corrected chi connectivity index (χ2v) is 13.9. The maximum atomic E-state index is 11.3. The van der Waals surface area contributed by atoms with Gasteiger partial charge in [0, 0.05) is 6.42 Å². The fourth-order valence-corrected chi connectivity index (χ4v) is 7.07. The zero-order valence-electron chi connectivity index (χ0n) is 15.3. The van der Waals surface area contributed by atoms with E-state index in [1.807, 2.05) is 36.4 Å². The van der Waals surface area contributed by atoms with Crippen LogP contribution >= 0.6 is 0 Å². The maximum absolute atomic E-state index is 11.3. The van der Waals surface area contributed by atoms with Gasteiger partial charge in [0.25, 0.3) is 0 Å². The Morgan fingerprint density at radius 2 is 1.58 bits per heavy atom. The van der Waals surface area contributed by atoms with Crippen LogP contribution in [-0.4, -0.2) is 19.3 Å². The minimum Gasteiger partial charge on any atom is -0.484 e. The van der Waals surface area contributed by atoms with Gasteiger partial charge in [-0.05, 0) is 22.2 Å². The van der Waals surface area contributed by atoms with Crippen molar-refractivity contribution in [2.24, 2.45) is 0 Å². The fraction of sp³-hybridized carbons (Fsp3) is 0.429. The van der Waals surface area contributed by atoms with E-state index in [9.17, 15) is 5.11 Å². The minimum absolute atomic E-state index is 0.0795. The van der Waals surface area contributed by atoms with E-state index in [0.29, 0.717) is 6.42 Å². The van der Waals surface area contributed by atoms with Crippen molar-refractivity contribution in [1.29, 1.82) is 0 Å². The van der Waals surface area contributed by atoms with Gasteiger partial charge in [0.15, 0.2) is 0 Å². The molecule has 24 heavy (non-hydrogen) atoms. The zero-order valence-corrected chi connectivity index (χ0v) is 16.3. The Bertz CT molecular complexity index is 718. The van der Waals surface area contributed by atoms with Crippen molar-refractivity contribution in [1.82, 2.24) is 0 Å². The number of para-hydroxylation sites is 1. The van der Waals surface area contributed by atoms with Crippen molar-refractivity contribution in [3.8, 4) is 5.75 Å². The molecule has 2 aromatic rings. The van der Waals surface area contributed by atoms with Gasteiger partial charge < -0.3 is 9.84 Å². The van der Waals surface area contributed by atoms with Crippen LogP contribution in [0.3, 0.4) is 0 Å². The summed E-state index contributed by atoms with van der Waals surface area (Å²) < 4.78 is 6.72. The number of hydrogen-bond acceptors (Lipinski definition) is 2. The zero-order chi connectivity index (χ0) is 17.6. The van der Waals surface area contributed by atoms with E-state index in [2.05, 4.69) is 52.1 Å². The molecule has 1 N–H and O–H groups in total. The van der Waals surface area contributed by atoms with Gasteiger partial charge in [-0.3, -0.25) is 0 Å². The largest absolute Gasteiger partial charge is 0.484 e. The lowest BCUT2D eigenvalue weighted by Crippen LogP contribution is -2.67. The molecule has 0 saturated heterocycles. The molecule has 1 aliphatic rings. The molecule has 0 saturated carbocycles. The van der Waals surface area contributed by atoms with Gasteiger partial charge in [0.05, 0.1) is 6.10 Å². The van der Waals surface area contributed by atoms with Gasteiger partial charge in [-0.25, -0.2) is 0 Å². The molecule has 0 spiro atoms. The third-order valence-electron chi connectivity index (χ3n) is 6.13. The Morgan fingerprint density at radius 1 is 1.00 bits per heavy atom. The van der Waals surface area contributed by atoms with Gasteiger partial charge in [0.2, 0.25) is 0 Å². The van der Waals surface area contributed by atoms with Crippen molar-refractivity contribution in [3.63, 3.8) is 0 Å². The summed E-state index contributed by atoms with van der Waals surface area (Å²) in [6.45, 7) is 11.5. The average Bonchev–Trinajstić information content (AvgIpc) is 2.53. The topological polar surface area (TPSA) is 29.5 Å². The van der Waals surface area contributed by atoms with E-state index in [1.54, 1.807) is 0 Å². The van der Waals surface area contributed by atoms with Crippen LogP contribution in [0.25, 0.3) is 0 Å². The normalized spacial score (nSPS) is 24.2. The van der Waals surface area contributed by atoms with E-state index < -0.39 is 19.4 Å². The Balaban J connectivity index is 2.25. The molecule has 2 nitrogen and oxygen atoms in total. The first-order chi connectivity index (χ1) is 11.2. The fourth-order valence-electron chi connectivity index (χ4n) is 3.76. The smallest absolute Gasteiger partial charge is 0.146 e. The molecule has 2 aromatic carbocycles. The highest BCUT2D eigenvalue weighted by Crippen LogP contribution is 2.53. The van der Waals surface area contributed by atoms with Crippen molar-refractivity contribution >= 4 is 8.07 Å². The van der Waals surface area contributed by atoms with E-state index in [0.717, 1.165) is 16.9 Å². The summed E-state index contributed by atoms with van der Waals surface area (Å²) in [5.41, 5.74) is 2.19. The highest BCUT2D eigenvalue weighted by atomic mass is 28.3. The molecule has 3 rings (SSSR count). The third kappa shape index (κ3) is 2.42. The first-order valence-electron chi connectivity index (χ1n) is 8.70. The minimum atomic E-state index is -2.10. The number of aliphatic hydroxyl groups excluding tert-OH is 1. The maximum Gasteiger partial charge on any atom is 0.146 e. The molecule has 0 bridgehead atoms. The van der Waals surface area contributed by atoms with Gasteiger partial charge in [-0.15, -0.1) is 0 Å². The van der Waals surface area contributed by atoms with E-state index in [-0.39, 0.29) is 5.04 Å². The number of hydrogen-bond donors (Lipinski definition) is 1. The van der Waals surface area contributed by atoms with Crippen molar-refractivity contribution in [3.05, 3.63) is 65.7 Å². The molecule has 1 aliphatic heterocycles. The van der Waals surface area contributed by atoms with Crippen molar-refractivity contribution in [2.45, 2.75) is 56.7 Å². The van der Waals surface area contributed by atoms with Crippen LogP contribution in [-0.2, 0) is 11.6 Å². The van der Waals surface area contributed by atoms with Crippen LogP contribution in [0, 0.1) is 0 Å². The summed E-state index contributed by atoms with van der Waals surface area (Å²) in [7, 11) is -2.10. The summed E-state index contributed by atoms with van der Waals surface area (Å²) in [5, 5.41) is 10.8. The lowest BCUT2D eigenvalue weighted by Gasteiger charge is -2.56. The molecule has 2 atom stereocenters. The van der Waals surface area contributed by atoms with Crippen LogP contribution in [0.1, 0.15) is 31.9 Å². The van der Waals surface area contributed by atoms with E-state index in [4.69, 9.17) is 4.74 Å². The Labute approximate surface area is 146 Å². The number of aliphatic hydroxyl groups is 1. The molecule has 0 aliphatic carbocycles. The molecule has 0 fully saturated rings. The lowest BCUT2D eigenvalue weighted by molar-refractivity contribution is -0.0232. The van der Waals surface area contributed by atoms with Crippen LogP contribution < -0.4 is 4.74 Å². The van der Waals surface area contributed by atoms with Crippen LogP contribution in [0.5, 0.6) is 5.75 Å². The van der Waals surface area contributed by atoms with E-state index in [1.165, 1.54) is 0 Å². The molecule has 0 amide bonds. The average molecular weight is 341 g/mol. The number of ether oxygens (including phenoxy) is 1. The predicted molar refractivity (Wildman–Crippen MR) is 102 cm³/mol. The molecule has 0 aromatic heterocycles. The van der Waals surface area contributed by atoms with Gasteiger partial charge in [-0.1, -0.05) is 82.4 Å². The predicted octanol–water partition coefficient (Wildman–Crippen LogP) is 4.93. The monoisotopic (exact) mass is 340 g/mol. The summed E-state index contributed by atoms with van der Waals surface area (Å²) in [6.07, 6.45) is 0.0908. The molecule has 1 heterocycles. The summed E-state index contributed by atoms with van der Waals surface area (Å²) in [5.74, 6) is 0.913. The lowest BCUT2D eigenvalue weighted by atomic mass is 9.94. The molecular weight excluding hydrogens is 312 g/mol. The summed E-state index contributed by atoms with van der Waals surface area (Å²) in [4.78, 5) is 0. The van der Waals surface area contributed by atoms with Gasteiger partial charge in [-0.2, -0.15) is 0 Å². The van der Waals surface area contributed by atoms with Gasteiger partial charge >= 0.3 is 0 Å². The molecular formula is C21H28O2Si. The Morgan fingerprint density at radius 3 is 2.21 bits per heavy atom. The number of rotatable bonds is 2. The van der Waals surface area contributed by atoms with Crippen LogP contribution in [0.15, 0.2) is 54.6 Å². The van der Waals surface area contributed by atoms with Crippen LogP contribution in [0.2, 0.25) is 18.1 Å². The van der Waals surface area contributed by atoms with Crippen molar-refractivity contribution < 1.29 is 9.84 Å². The van der Waals surface area contributed by atoms with Crippen LogP contribution in [0.4, 0.5) is 0 Å². The highest BCUT2D eigenvalue weighted by Gasteiger charge is 2.61. The third-order valence-corrected chi connectivity index (χ3v) is 12.5.